The Morgan fingerprint density at radius 3 is 2.30 bits per heavy atom. The molecule has 2 rings (SSSR count). The van der Waals surface area contributed by atoms with Crippen molar-refractivity contribution in [3.05, 3.63) is 46.8 Å². The molecule has 0 amide bonds. The van der Waals surface area contributed by atoms with Gasteiger partial charge in [0.15, 0.2) is 17.5 Å². The fourth-order valence-corrected chi connectivity index (χ4v) is 2.92. The number of halogens is 6. The molecule has 1 aliphatic rings. The minimum Gasteiger partial charge on any atom is -0.204 e. The van der Waals surface area contributed by atoms with Gasteiger partial charge in [-0.15, -0.1) is 0 Å². The molecule has 1 fully saturated rings. The highest BCUT2D eigenvalue weighted by molar-refractivity contribution is 6.25. The summed E-state index contributed by atoms with van der Waals surface area (Å²) in [5, 5.41) is 0. The highest BCUT2D eigenvalue weighted by Crippen LogP contribution is 2.68. The Morgan fingerprint density at radius 1 is 1.15 bits per heavy atom. The minimum atomic E-state index is -3.61. The van der Waals surface area contributed by atoms with Gasteiger partial charge in [0.05, 0.1) is 5.56 Å². The Kier molecular flexibility index (Phi) is 3.61. The van der Waals surface area contributed by atoms with Crippen LogP contribution in [0.4, 0.5) is 22.0 Å². The quantitative estimate of drug-likeness (QED) is 0.530. The number of hydrogen-bond donors (Lipinski definition) is 0. The second-order valence-electron chi connectivity index (χ2n) is 5.49. The van der Waals surface area contributed by atoms with Crippen LogP contribution in [0.5, 0.6) is 0 Å². The molecular weight excluding hydrogens is 299 g/mol. The molecule has 0 bridgehead atoms. The molecule has 0 saturated heterocycles. The van der Waals surface area contributed by atoms with E-state index in [4.69, 9.17) is 11.6 Å². The molecule has 0 nitrogen and oxygen atoms in total. The van der Waals surface area contributed by atoms with Crippen molar-refractivity contribution in [3.63, 3.8) is 0 Å². The highest BCUT2D eigenvalue weighted by atomic mass is 35.5. The normalized spacial score (nSPS) is 25.2. The summed E-state index contributed by atoms with van der Waals surface area (Å²) in [6.45, 7) is 3.18. The summed E-state index contributed by atoms with van der Waals surface area (Å²) in [6, 6.07) is 1.09. The lowest BCUT2D eigenvalue weighted by molar-refractivity contribution is -0.0452. The fraction of sp³-hybridized carbons (Fsp3) is 0.429. The second kappa shape index (κ2) is 4.72. The van der Waals surface area contributed by atoms with Crippen molar-refractivity contribution in [2.75, 3.05) is 0 Å². The lowest BCUT2D eigenvalue weighted by Crippen LogP contribution is -2.22. The van der Waals surface area contributed by atoms with Crippen LogP contribution in [0.3, 0.4) is 0 Å². The van der Waals surface area contributed by atoms with Gasteiger partial charge in [0, 0.05) is 11.5 Å². The lowest BCUT2D eigenvalue weighted by Gasteiger charge is -2.19. The predicted molar refractivity (Wildman–Crippen MR) is 66.0 cm³/mol. The molecule has 1 aromatic carbocycles. The van der Waals surface area contributed by atoms with Gasteiger partial charge in [0.25, 0.3) is 5.92 Å². The average molecular weight is 311 g/mol. The van der Waals surface area contributed by atoms with E-state index in [1.807, 2.05) is 0 Å². The van der Waals surface area contributed by atoms with E-state index in [0.29, 0.717) is 12.1 Å². The molecule has 20 heavy (non-hydrogen) atoms. The Hall–Kier alpha value is -1.10. The zero-order valence-electron chi connectivity index (χ0n) is 10.7. The summed E-state index contributed by atoms with van der Waals surface area (Å²) in [7, 11) is 0. The van der Waals surface area contributed by atoms with Crippen LogP contribution in [0.1, 0.15) is 19.4 Å². The van der Waals surface area contributed by atoms with Crippen LogP contribution in [0.15, 0.2) is 23.7 Å². The standard InChI is InChI=1S/C14H12ClF5/c1-13(2)8(5-6-15)12(13)14(19,20)7-3-4-9(16)11(18)10(7)17/h3-6,8,12H,1-2H3/t8-,12+/m0/s1. The molecule has 1 aliphatic carbocycles. The van der Waals surface area contributed by atoms with Crippen molar-refractivity contribution in [2.45, 2.75) is 19.8 Å². The van der Waals surface area contributed by atoms with Gasteiger partial charge in [-0.1, -0.05) is 31.5 Å². The molecule has 1 saturated carbocycles. The molecule has 0 radical (unpaired) electrons. The third-order valence-electron chi connectivity index (χ3n) is 3.98. The number of benzene rings is 1. The summed E-state index contributed by atoms with van der Waals surface area (Å²) in [5.74, 6) is -10.6. The zero-order valence-corrected chi connectivity index (χ0v) is 11.5. The van der Waals surface area contributed by atoms with Crippen molar-refractivity contribution in [1.29, 1.82) is 0 Å². The van der Waals surface area contributed by atoms with Crippen molar-refractivity contribution in [3.8, 4) is 0 Å². The van der Waals surface area contributed by atoms with Crippen LogP contribution in [0, 0.1) is 34.7 Å². The monoisotopic (exact) mass is 310 g/mol. The van der Waals surface area contributed by atoms with Gasteiger partial charge < -0.3 is 0 Å². The predicted octanol–water partition coefficient (Wildman–Crippen LogP) is 5.22. The van der Waals surface area contributed by atoms with Crippen LogP contribution in [-0.2, 0) is 5.92 Å². The van der Waals surface area contributed by atoms with E-state index < -0.39 is 46.2 Å². The van der Waals surface area contributed by atoms with Gasteiger partial charge in [0.2, 0.25) is 0 Å². The van der Waals surface area contributed by atoms with Crippen LogP contribution in [0.25, 0.3) is 0 Å². The van der Waals surface area contributed by atoms with E-state index in [2.05, 4.69) is 0 Å². The smallest absolute Gasteiger partial charge is 0.204 e. The fourth-order valence-electron chi connectivity index (χ4n) is 2.76. The summed E-state index contributed by atoms with van der Waals surface area (Å²) < 4.78 is 68.3. The van der Waals surface area contributed by atoms with Gasteiger partial charge in [0.1, 0.15) is 0 Å². The molecule has 0 unspecified atom stereocenters. The lowest BCUT2D eigenvalue weighted by atomic mass is 9.98. The third kappa shape index (κ3) is 2.12. The first-order valence-corrected chi connectivity index (χ1v) is 6.38. The van der Waals surface area contributed by atoms with Gasteiger partial charge >= 0.3 is 0 Å². The van der Waals surface area contributed by atoms with Crippen LogP contribution in [0.2, 0.25) is 0 Å². The first kappa shape index (κ1) is 15.3. The van der Waals surface area contributed by atoms with Gasteiger partial charge in [-0.05, 0) is 23.5 Å². The maximum atomic E-state index is 14.4. The highest BCUT2D eigenvalue weighted by Gasteiger charge is 2.68. The molecule has 0 heterocycles. The maximum Gasteiger partial charge on any atom is 0.280 e. The second-order valence-corrected chi connectivity index (χ2v) is 5.74. The average Bonchev–Trinajstić information content (AvgIpc) is 2.89. The number of hydrogen-bond acceptors (Lipinski definition) is 0. The van der Waals surface area contributed by atoms with Gasteiger partial charge in [-0.25, -0.2) is 22.0 Å². The molecule has 2 atom stereocenters. The Balaban J connectivity index is 2.45. The Bertz CT molecular complexity index is 565. The van der Waals surface area contributed by atoms with Gasteiger partial charge in [-0.2, -0.15) is 0 Å². The van der Waals surface area contributed by atoms with Crippen molar-refractivity contribution in [2.24, 2.45) is 17.3 Å². The zero-order chi connectivity index (χ0) is 15.3. The van der Waals surface area contributed by atoms with Crippen LogP contribution >= 0.6 is 11.6 Å². The number of alkyl halides is 2. The summed E-state index contributed by atoms with van der Waals surface area (Å²) in [6.07, 6.45) is 1.40. The van der Waals surface area contributed by atoms with E-state index in [9.17, 15) is 22.0 Å². The van der Waals surface area contributed by atoms with Crippen LogP contribution < -0.4 is 0 Å². The molecule has 0 N–H and O–H groups in total. The van der Waals surface area contributed by atoms with Crippen molar-refractivity contribution < 1.29 is 22.0 Å². The largest absolute Gasteiger partial charge is 0.280 e. The molecule has 0 aliphatic heterocycles. The third-order valence-corrected chi connectivity index (χ3v) is 4.12. The van der Waals surface area contributed by atoms with E-state index in [-0.39, 0.29) is 0 Å². The SMILES string of the molecule is CC1(C)[C@@H](C=CCl)[C@H]1C(F)(F)c1ccc(F)c(F)c1F. The summed E-state index contributed by atoms with van der Waals surface area (Å²) in [5.41, 5.74) is -0.795. The Morgan fingerprint density at radius 2 is 1.75 bits per heavy atom. The molecule has 1 aromatic rings. The number of allylic oxidation sites excluding steroid dienone is 1. The topological polar surface area (TPSA) is 0 Å². The van der Waals surface area contributed by atoms with E-state index >= 15 is 0 Å². The number of rotatable bonds is 3. The summed E-state index contributed by atoms with van der Waals surface area (Å²) in [4.78, 5) is 0. The van der Waals surface area contributed by atoms with Crippen LogP contribution in [-0.4, -0.2) is 0 Å². The first-order valence-electron chi connectivity index (χ1n) is 5.94. The molecular formula is C14H12ClF5. The minimum absolute atomic E-state index is 0.503. The van der Waals surface area contributed by atoms with Gasteiger partial charge in [-0.3, -0.25) is 0 Å². The van der Waals surface area contributed by atoms with Crippen molar-refractivity contribution >= 4 is 11.6 Å². The maximum absolute atomic E-state index is 14.4. The van der Waals surface area contributed by atoms with Crippen molar-refractivity contribution in [1.82, 2.24) is 0 Å². The molecule has 0 aromatic heterocycles. The van der Waals surface area contributed by atoms with E-state index in [1.165, 1.54) is 6.08 Å². The Labute approximate surface area is 118 Å². The van der Waals surface area contributed by atoms with E-state index in [1.54, 1.807) is 13.8 Å². The molecule has 6 heteroatoms. The molecule has 110 valence electrons. The van der Waals surface area contributed by atoms with E-state index in [0.717, 1.165) is 5.54 Å². The summed E-state index contributed by atoms with van der Waals surface area (Å²) >= 11 is 5.39. The molecule has 0 spiro atoms. The first-order chi connectivity index (χ1) is 9.15.